The van der Waals surface area contributed by atoms with Crippen molar-refractivity contribution in [3.05, 3.63) is 48.6 Å². The monoisotopic (exact) mass is 366 g/mol. The number of benzene rings is 1. The Morgan fingerprint density at radius 3 is 2.54 bits per heavy atom. The largest absolute Gasteiger partial charge is 0.394 e. The molecule has 2 aliphatic rings. The first-order chi connectivity index (χ1) is 12.3. The number of nitrogens with one attached hydrogen (secondary N) is 1. The maximum Gasteiger partial charge on any atom is 0.394 e. The van der Waals surface area contributed by atoms with Gasteiger partial charge in [0.25, 0.3) is 0 Å². The van der Waals surface area contributed by atoms with Crippen LogP contribution in [0.2, 0.25) is 0 Å². The number of hydrogen-bond acceptors (Lipinski definition) is 2. The fraction of sp³-hybridized carbons (Fsp3) is 0.474. The molecule has 1 saturated carbocycles. The second-order valence-corrected chi connectivity index (χ2v) is 6.95. The molecule has 1 N–H and O–H groups in total. The van der Waals surface area contributed by atoms with Gasteiger partial charge in [0.2, 0.25) is 11.8 Å². The molecule has 4 nitrogen and oxygen atoms in total. The van der Waals surface area contributed by atoms with E-state index in [2.05, 4.69) is 11.9 Å². The fourth-order valence-corrected chi connectivity index (χ4v) is 3.77. The van der Waals surface area contributed by atoms with Gasteiger partial charge < -0.3 is 10.2 Å². The SMILES string of the molecule is C=CC(=O)N1CCCC(C(=O)NC2(c3ccccc3)CC2C(F)(F)F)C1. The van der Waals surface area contributed by atoms with Gasteiger partial charge in [-0.1, -0.05) is 36.9 Å². The number of carbonyl (C=O) groups excluding carboxylic acids is 2. The number of carbonyl (C=O) groups is 2. The molecule has 140 valence electrons. The van der Waals surface area contributed by atoms with Gasteiger partial charge in [0.15, 0.2) is 0 Å². The first-order valence-corrected chi connectivity index (χ1v) is 8.63. The van der Waals surface area contributed by atoms with Crippen molar-refractivity contribution < 1.29 is 22.8 Å². The standard InChI is InChI=1S/C19H21F3N2O2/c1-2-16(25)24-10-6-7-13(12-24)17(26)23-18(11-15(18)19(20,21)22)14-8-4-3-5-9-14/h2-5,8-9,13,15H,1,6-7,10-12H2,(H,23,26). The smallest absolute Gasteiger partial charge is 0.346 e. The minimum atomic E-state index is -4.37. The maximum atomic E-state index is 13.3. The van der Waals surface area contributed by atoms with Crippen molar-refractivity contribution in [3.63, 3.8) is 0 Å². The van der Waals surface area contributed by atoms with E-state index in [0.717, 1.165) is 0 Å². The minimum Gasteiger partial charge on any atom is -0.346 e. The lowest BCUT2D eigenvalue weighted by Crippen LogP contribution is -2.48. The molecule has 1 aliphatic heterocycles. The zero-order valence-corrected chi connectivity index (χ0v) is 14.3. The highest BCUT2D eigenvalue weighted by Gasteiger charge is 2.68. The molecule has 0 spiro atoms. The number of amides is 2. The Hall–Kier alpha value is -2.31. The number of hydrogen-bond donors (Lipinski definition) is 1. The van der Waals surface area contributed by atoms with Crippen LogP contribution in [0.4, 0.5) is 13.2 Å². The van der Waals surface area contributed by atoms with E-state index in [1.54, 1.807) is 30.3 Å². The zero-order valence-electron chi connectivity index (χ0n) is 14.3. The summed E-state index contributed by atoms with van der Waals surface area (Å²) in [6.45, 7) is 4.17. The number of likely N-dealkylation sites (tertiary alicyclic amines) is 1. The van der Waals surface area contributed by atoms with Crippen LogP contribution in [0, 0.1) is 11.8 Å². The van der Waals surface area contributed by atoms with Crippen molar-refractivity contribution in [2.24, 2.45) is 11.8 Å². The molecule has 3 rings (SSSR count). The number of nitrogens with zero attached hydrogens (tertiary/aromatic N) is 1. The van der Waals surface area contributed by atoms with Crippen LogP contribution in [-0.2, 0) is 15.1 Å². The summed E-state index contributed by atoms with van der Waals surface area (Å²) >= 11 is 0. The molecule has 2 fully saturated rings. The van der Waals surface area contributed by atoms with Crippen molar-refractivity contribution >= 4 is 11.8 Å². The predicted molar refractivity (Wildman–Crippen MR) is 89.9 cm³/mol. The molecule has 1 heterocycles. The Bertz CT molecular complexity index is 704. The molecule has 1 aromatic rings. The number of halogens is 3. The quantitative estimate of drug-likeness (QED) is 0.833. The zero-order chi connectivity index (χ0) is 18.9. The Kier molecular flexibility index (Phi) is 4.82. The molecule has 0 bridgehead atoms. The molecule has 26 heavy (non-hydrogen) atoms. The summed E-state index contributed by atoms with van der Waals surface area (Å²) in [4.78, 5) is 26.0. The maximum absolute atomic E-state index is 13.3. The van der Waals surface area contributed by atoms with E-state index in [1.165, 1.54) is 11.0 Å². The molecule has 0 aromatic heterocycles. The molecular weight excluding hydrogens is 345 g/mol. The molecule has 3 atom stereocenters. The molecule has 2 amide bonds. The van der Waals surface area contributed by atoms with Gasteiger partial charge in [-0.2, -0.15) is 13.2 Å². The molecule has 1 aromatic carbocycles. The average molecular weight is 366 g/mol. The van der Waals surface area contributed by atoms with E-state index in [1.807, 2.05) is 0 Å². The van der Waals surface area contributed by atoms with Crippen molar-refractivity contribution in [2.45, 2.75) is 31.0 Å². The summed E-state index contributed by atoms with van der Waals surface area (Å²) in [5.41, 5.74) is -0.938. The summed E-state index contributed by atoms with van der Waals surface area (Å²) < 4.78 is 39.9. The van der Waals surface area contributed by atoms with E-state index in [9.17, 15) is 22.8 Å². The molecule has 1 saturated heterocycles. The first-order valence-electron chi connectivity index (χ1n) is 8.63. The molecule has 7 heteroatoms. The predicted octanol–water partition coefficient (Wildman–Crippen LogP) is 3.00. The van der Waals surface area contributed by atoms with Gasteiger partial charge in [0, 0.05) is 13.1 Å². The third kappa shape index (κ3) is 3.48. The summed E-state index contributed by atoms with van der Waals surface area (Å²) in [6, 6.07) is 8.28. The Labute approximate surface area is 150 Å². The minimum absolute atomic E-state index is 0.158. The van der Waals surface area contributed by atoms with Crippen molar-refractivity contribution in [1.82, 2.24) is 10.2 Å². The topological polar surface area (TPSA) is 49.4 Å². The second-order valence-electron chi connectivity index (χ2n) is 6.95. The number of alkyl halides is 3. The normalized spacial score (nSPS) is 28.3. The molecule has 1 aliphatic carbocycles. The highest BCUT2D eigenvalue weighted by atomic mass is 19.4. The van der Waals surface area contributed by atoms with Gasteiger partial charge in [-0.3, -0.25) is 9.59 Å². The van der Waals surface area contributed by atoms with Crippen LogP contribution < -0.4 is 5.32 Å². The van der Waals surface area contributed by atoms with E-state index in [4.69, 9.17) is 0 Å². The Morgan fingerprint density at radius 2 is 1.96 bits per heavy atom. The van der Waals surface area contributed by atoms with Gasteiger partial charge in [-0.25, -0.2) is 0 Å². The van der Waals surface area contributed by atoms with Gasteiger partial charge in [-0.15, -0.1) is 0 Å². The summed E-state index contributed by atoms with van der Waals surface area (Å²) in [5, 5.41) is 2.66. The molecule has 3 unspecified atom stereocenters. The highest BCUT2D eigenvalue weighted by Crippen LogP contribution is 2.59. The van der Waals surface area contributed by atoms with E-state index in [0.29, 0.717) is 24.9 Å². The Morgan fingerprint density at radius 1 is 1.27 bits per heavy atom. The van der Waals surface area contributed by atoms with Crippen molar-refractivity contribution in [2.75, 3.05) is 13.1 Å². The lowest BCUT2D eigenvalue weighted by atomic mass is 9.95. The first kappa shape index (κ1) is 18.5. The van der Waals surface area contributed by atoms with Gasteiger partial charge in [0.05, 0.1) is 17.4 Å². The number of rotatable bonds is 4. The van der Waals surface area contributed by atoms with Crippen LogP contribution in [0.1, 0.15) is 24.8 Å². The average Bonchev–Trinajstić information content (AvgIpc) is 3.38. The van der Waals surface area contributed by atoms with Crippen LogP contribution in [0.3, 0.4) is 0 Å². The molecule has 0 radical (unpaired) electrons. The summed E-state index contributed by atoms with van der Waals surface area (Å²) in [6.07, 6.45) is -2.16. The fourth-order valence-electron chi connectivity index (χ4n) is 3.77. The lowest BCUT2D eigenvalue weighted by Gasteiger charge is -2.33. The Balaban J connectivity index is 1.77. The lowest BCUT2D eigenvalue weighted by molar-refractivity contribution is -0.155. The van der Waals surface area contributed by atoms with Crippen LogP contribution >= 0.6 is 0 Å². The summed E-state index contributed by atoms with van der Waals surface area (Å²) in [5.74, 6) is -2.79. The van der Waals surface area contributed by atoms with Crippen molar-refractivity contribution in [3.8, 4) is 0 Å². The van der Waals surface area contributed by atoms with E-state index in [-0.39, 0.29) is 18.9 Å². The van der Waals surface area contributed by atoms with Crippen molar-refractivity contribution in [1.29, 1.82) is 0 Å². The van der Waals surface area contributed by atoms with Gasteiger partial charge >= 0.3 is 6.18 Å². The van der Waals surface area contributed by atoms with E-state index < -0.39 is 29.5 Å². The van der Waals surface area contributed by atoms with Crippen LogP contribution in [0.25, 0.3) is 0 Å². The second kappa shape index (κ2) is 6.78. The third-order valence-corrected chi connectivity index (χ3v) is 5.27. The number of piperidine rings is 1. The van der Waals surface area contributed by atoms with Crippen LogP contribution in [0.15, 0.2) is 43.0 Å². The summed E-state index contributed by atoms with van der Waals surface area (Å²) in [7, 11) is 0. The third-order valence-electron chi connectivity index (χ3n) is 5.27. The van der Waals surface area contributed by atoms with Gasteiger partial charge in [0.1, 0.15) is 0 Å². The van der Waals surface area contributed by atoms with Crippen LogP contribution in [-0.4, -0.2) is 36.0 Å². The van der Waals surface area contributed by atoms with Gasteiger partial charge in [-0.05, 0) is 30.9 Å². The highest BCUT2D eigenvalue weighted by molar-refractivity contribution is 5.88. The van der Waals surface area contributed by atoms with Crippen LogP contribution in [0.5, 0.6) is 0 Å². The molecular formula is C19H21F3N2O2. The van der Waals surface area contributed by atoms with E-state index >= 15 is 0 Å².